The molecule has 1 amide bonds. The molecule has 0 bridgehead atoms. The number of nitrogens with zero attached hydrogens (tertiary/aromatic N) is 2. The molecule has 0 saturated carbocycles. The fraction of sp³-hybridized carbons (Fsp3) is 0.0667. The van der Waals surface area contributed by atoms with Crippen molar-refractivity contribution in [1.82, 2.24) is 5.43 Å². The first-order valence-electron chi connectivity index (χ1n) is 6.49. The molecule has 0 saturated heterocycles. The lowest BCUT2D eigenvalue weighted by Gasteiger charge is -2.04. The first-order valence-corrected chi connectivity index (χ1v) is 6.87. The Hall–Kier alpha value is -2.93. The fourth-order valence-electron chi connectivity index (χ4n) is 1.63. The largest absolute Gasteiger partial charge is 0.483 e. The van der Waals surface area contributed by atoms with Crippen LogP contribution in [0.15, 0.2) is 53.6 Å². The van der Waals surface area contributed by atoms with Gasteiger partial charge in [-0.3, -0.25) is 14.9 Å². The summed E-state index contributed by atoms with van der Waals surface area (Å²) in [5.74, 6) is -0.261. The van der Waals surface area contributed by atoms with Gasteiger partial charge in [0.05, 0.1) is 17.2 Å². The summed E-state index contributed by atoms with van der Waals surface area (Å²) in [6, 6.07) is 12.5. The van der Waals surface area contributed by atoms with E-state index in [9.17, 15) is 14.9 Å². The van der Waals surface area contributed by atoms with Gasteiger partial charge in [0.25, 0.3) is 11.6 Å². The number of nitrogens with one attached hydrogen (secondary N) is 1. The molecule has 0 aliphatic rings. The Labute approximate surface area is 136 Å². The van der Waals surface area contributed by atoms with Gasteiger partial charge in [0.2, 0.25) is 0 Å². The molecule has 2 aromatic rings. The first-order chi connectivity index (χ1) is 11.0. The molecule has 0 spiro atoms. The number of benzene rings is 2. The van der Waals surface area contributed by atoms with Crippen LogP contribution >= 0.6 is 11.6 Å². The summed E-state index contributed by atoms with van der Waals surface area (Å²) >= 11 is 5.82. The Morgan fingerprint density at radius 1 is 1.30 bits per heavy atom. The van der Waals surface area contributed by atoms with Crippen molar-refractivity contribution in [3.63, 3.8) is 0 Å². The molecule has 0 unspecified atom stereocenters. The second-order valence-corrected chi connectivity index (χ2v) is 4.83. The third-order valence-electron chi connectivity index (χ3n) is 2.65. The molecule has 0 aliphatic carbocycles. The molecule has 0 aliphatic heterocycles. The van der Waals surface area contributed by atoms with Crippen LogP contribution in [0.1, 0.15) is 5.56 Å². The highest BCUT2D eigenvalue weighted by molar-refractivity contribution is 6.30. The second-order valence-electron chi connectivity index (χ2n) is 4.39. The van der Waals surface area contributed by atoms with Gasteiger partial charge in [0, 0.05) is 11.1 Å². The van der Waals surface area contributed by atoms with Crippen LogP contribution in [-0.2, 0) is 4.79 Å². The fourth-order valence-corrected chi connectivity index (χ4v) is 1.83. The van der Waals surface area contributed by atoms with E-state index in [0.29, 0.717) is 5.02 Å². The topological polar surface area (TPSA) is 93.8 Å². The van der Waals surface area contributed by atoms with Gasteiger partial charge in [0.1, 0.15) is 5.75 Å². The summed E-state index contributed by atoms with van der Waals surface area (Å²) in [4.78, 5) is 21.7. The Balaban J connectivity index is 1.83. The van der Waals surface area contributed by atoms with Crippen molar-refractivity contribution in [2.45, 2.75) is 0 Å². The summed E-state index contributed by atoms with van der Waals surface area (Å²) in [5, 5.41) is 15.0. The highest BCUT2D eigenvalue weighted by atomic mass is 35.5. The number of hydrogen-bond acceptors (Lipinski definition) is 5. The van der Waals surface area contributed by atoms with E-state index < -0.39 is 10.8 Å². The van der Waals surface area contributed by atoms with Crippen molar-refractivity contribution in [2.75, 3.05) is 6.61 Å². The maximum Gasteiger partial charge on any atom is 0.277 e. The molecule has 23 heavy (non-hydrogen) atoms. The predicted molar refractivity (Wildman–Crippen MR) is 85.8 cm³/mol. The molecule has 2 rings (SSSR count). The number of amides is 1. The van der Waals surface area contributed by atoms with Gasteiger partial charge >= 0.3 is 0 Å². The van der Waals surface area contributed by atoms with E-state index in [-0.39, 0.29) is 18.0 Å². The second kappa shape index (κ2) is 7.90. The predicted octanol–water partition coefficient (Wildman–Crippen LogP) is 2.78. The van der Waals surface area contributed by atoms with Crippen LogP contribution < -0.4 is 10.2 Å². The quantitative estimate of drug-likeness (QED) is 0.499. The number of carbonyl (C=O) groups excluding carboxylic acids is 1. The van der Waals surface area contributed by atoms with Crippen molar-refractivity contribution in [3.05, 3.63) is 69.2 Å². The molecule has 8 heteroatoms. The van der Waals surface area contributed by atoms with Crippen LogP contribution in [-0.4, -0.2) is 23.7 Å². The molecule has 0 radical (unpaired) electrons. The average Bonchev–Trinajstić information content (AvgIpc) is 2.53. The van der Waals surface area contributed by atoms with Crippen molar-refractivity contribution >= 4 is 29.4 Å². The van der Waals surface area contributed by atoms with E-state index in [1.54, 1.807) is 24.3 Å². The minimum Gasteiger partial charge on any atom is -0.483 e. The van der Waals surface area contributed by atoms with Crippen molar-refractivity contribution in [1.29, 1.82) is 0 Å². The van der Waals surface area contributed by atoms with Gasteiger partial charge < -0.3 is 4.74 Å². The molecule has 0 atom stereocenters. The van der Waals surface area contributed by atoms with Crippen LogP contribution in [0.4, 0.5) is 5.69 Å². The highest BCUT2D eigenvalue weighted by Crippen LogP contribution is 2.18. The molecule has 2 aromatic carbocycles. The lowest BCUT2D eigenvalue weighted by atomic mass is 10.2. The number of non-ortho nitro benzene ring substituents is 1. The average molecular weight is 334 g/mol. The molecule has 0 heterocycles. The van der Waals surface area contributed by atoms with Gasteiger partial charge in [-0.25, -0.2) is 5.43 Å². The zero-order valence-electron chi connectivity index (χ0n) is 11.8. The number of nitro benzene ring substituents is 1. The van der Waals surface area contributed by atoms with E-state index >= 15 is 0 Å². The molecule has 0 fully saturated rings. The molecule has 118 valence electrons. The highest BCUT2D eigenvalue weighted by Gasteiger charge is 2.07. The molecule has 1 N–H and O–H groups in total. The summed E-state index contributed by atoms with van der Waals surface area (Å²) in [5.41, 5.74) is 2.91. The molecule has 7 nitrogen and oxygen atoms in total. The Bertz CT molecular complexity index is 749. The van der Waals surface area contributed by atoms with E-state index in [4.69, 9.17) is 16.3 Å². The first kappa shape index (κ1) is 16.4. The van der Waals surface area contributed by atoms with Crippen molar-refractivity contribution in [3.8, 4) is 5.75 Å². The zero-order chi connectivity index (χ0) is 16.7. The summed E-state index contributed by atoms with van der Waals surface area (Å²) in [7, 11) is 0. The standard InChI is InChI=1S/C15H12ClN3O4/c16-12-4-1-3-11(7-12)9-17-18-15(20)10-23-14-6-2-5-13(8-14)19(21)22/h1-9H,10H2,(H,18,20). The number of hydrogen-bond donors (Lipinski definition) is 1. The number of rotatable bonds is 6. The minimum absolute atomic E-state index is 0.109. The SMILES string of the molecule is O=C(COc1cccc([N+](=O)[O-])c1)NN=Cc1cccc(Cl)c1. The summed E-state index contributed by atoms with van der Waals surface area (Å²) in [6.45, 7) is -0.311. The smallest absolute Gasteiger partial charge is 0.277 e. The van der Waals surface area contributed by atoms with Crippen molar-refractivity contribution in [2.24, 2.45) is 5.10 Å². The third kappa shape index (κ3) is 5.40. The number of halogens is 1. The van der Waals surface area contributed by atoms with E-state index in [2.05, 4.69) is 10.5 Å². The van der Waals surface area contributed by atoms with Crippen LogP contribution in [0, 0.1) is 10.1 Å². The maximum absolute atomic E-state index is 11.6. The Morgan fingerprint density at radius 2 is 2.09 bits per heavy atom. The lowest BCUT2D eigenvalue weighted by Crippen LogP contribution is -2.24. The van der Waals surface area contributed by atoms with Crippen LogP contribution in [0.5, 0.6) is 5.75 Å². The maximum atomic E-state index is 11.6. The monoisotopic (exact) mass is 333 g/mol. The van der Waals surface area contributed by atoms with Gasteiger partial charge in [-0.15, -0.1) is 0 Å². The summed E-state index contributed by atoms with van der Waals surface area (Å²) < 4.78 is 5.17. The van der Waals surface area contributed by atoms with Gasteiger partial charge in [0.15, 0.2) is 6.61 Å². The van der Waals surface area contributed by atoms with Crippen LogP contribution in [0.2, 0.25) is 5.02 Å². The third-order valence-corrected chi connectivity index (χ3v) is 2.89. The number of carbonyl (C=O) groups is 1. The number of ether oxygens (including phenoxy) is 1. The lowest BCUT2D eigenvalue weighted by molar-refractivity contribution is -0.384. The number of nitro groups is 1. The van der Waals surface area contributed by atoms with E-state index in [1.807, 2.05) is 0 Å². The van der Waals surface area contributed by atoms with E-state index in [1.165, 1.54) is 30.5 Å². The normalized spacial score (nSPS) is 10.5. The molecular formula is C15H12ClN3O4. The van der Waals surface area contributed by atoms with Gasteiger partial charge in [-0.2, -0.15) is 5.10 Å². The van der Waals surface area contributed by atoms with Crippen LogP contribution in [0.25, 0.3) is 0 Å². The Kier molecular flexibility index (Phi) is 5.65. The van der Waals surface area contributed by atoms with Gasteiger partial charge in [-0.1, -0.05) is 29.8 Å². The van der Waals surface area contributed by atoms with Crippen LogP contribution in [0.3, 0.4) is 0 Å². The summed E-state index contributed by atoms with van der Waals surface area (Å²) in [6.07, 6.45) is 1.44. The number of hydrazone groups is 1. The molecule has 0 aromatic heterocycles. The molecular weight excluding hydrogens is 322 g/mol. The van der Waals surface area contributed by atoms with Gasteiger partial charge in [-0.05, 0) is 23.8 Å². The Morgan fingerprint density at radius 3 is 2.83 bits per heavy atom. The van der Waals surface area contributed by atoms with Crippen molar-refractivity contribution < 1.29 is 14.5 Å². The minimum atomic E-state index is -0.539. The zero-order valence-corrected chi connectivity index (χ0v) is 12.6. The van der Waals surface area contributed by atoms with E-state index in [0.717, 1.165) is 5.56 Å².